The second-order valence-electron chi connectivity index (χ2n) is 5.59. The molecule has 1 unspecified atom stereocenters. The summed E-state index contributed by atoms with van der Waals surface area (Å²) in [6.45, 7) is 1.63. The molecule has 2 aromatic rings. The maximum absolute atomic E-state index is 13.2. The highest BCUT2D eigenvalue weighted by Crippen LogP contribution is 2.19. The van der Waals surface area contributed by atoms with Gasteiger partial charge in [-0.05, 0) is 36.4 Å². The van der Waals surface area contributed by atoms with Crippen LogP contribution >= 0.6 is 27.7 Å². The van der Waals surface area contributed by atoms with E-state index in [1.165, 1.54) is 17.0 Å². The second kappa shape index (κ2) is 9.81. The Morgan fingerprint density at radius 2 is 2.00 bits per heavy atom. The lowest BCUT2D eigenvalue weighted by Gasteiger charge is -2.14. The summed E-state index contributed by atoms with van der Waals surface area (Å²) in [4.78, 5) is 14.2. The van der Waals surface area contributed by atoms with Gasteiger partial charge in [0.25, 0.3) is 5.91 Å². The Morgan fingerprint density at radius 1 is 1.25 bits per heavy atom. The number of carbonyl (C=O) groups excluding carboxylic acids is 1. The van der Waals surface area contributed by atoms with Crippen molar-refractivity contribution in [1.29, 1.82) is 0 Å². The summed E-state index contributed by atoms with van der Waals surface area (Å²) in [5.41, 5.74) is 0.895. The van der Waals surface area contributed by atoms with Crippen molar-refractivity contribution in [3.8, 4) is 0 Å². The zero-order chi connectivity index (χ0) is 17.4. The zero-order valence-corrected chi connectivity index (χ0v) is 15.9. The normalized spacial score (nSPS) is 12.0. The molecule has 0 aliphatic rings. The monoisotopic (exact) mass is 411 g/mol. The van der Waals surface area contributed by atoms with Crippen molar-refractivity contribution in [3.63, 3.8) is 0 Å². The first-order valence-electron chi connectivity index (χ1n) is 7.74. The van der Waals surface area contributed by atoms with Crippen LogP contribution in [0.2, 0.25) is 0 Å². The van der Waals surface area contributed by atoms with Gasteiger partial charge in [0.15, 0.2) is 6.54 Å². The minimum Gasteiger partial charge on any atom is -0.350 e. The Bertz CT molecular complexity index is 666. The molecule has 0 aliphatic heterocycles. The van der Waals surface area contributed by atoms with Crippen LogP contribution in [0.4, 0.5) is 4.39 Å². The molecule has 0 fully saturated rings. The third-order valence-electron chi connectivity index (χ3n) is 3.36. The van der Waals surface area contributed by atoms with Crippen molar-refractivity contribution in [2.24, 2.45) is 0 Å². The van der Waals surface area contributed by atoms with Crippen LogP contribution in [0.5, 0.6) is 0 Å². The van der Waals surface area contributed by atoms with Crippen LogP contribution in [0.15, 0.2) is 57.9 Å². The fraction of sp³-hybridized carbons (Fsp3) is 0.278. The summed E-state index contributed by atoms with van der Waals surface area (Å²) in [5, 5.41) is 2.93. The van der Waals surface area contributed by atoms with Gasteiger partial charge in [-0.2, -0.15) is 0 Å². The average molecular weight is 412 g/mol. The number of rotatable bonds is 8. The molecule has 0 aliphatic carbocycles. The zero-order valence-electron chi connectivity index (χ0n) is 13.5. The van der Waals surface area contributed by atoms with E-state index in [0.29, 0.717) is 19.6 Å². The van der Waals surface area contributed by atoms with Gasteiger partial charge in [-0.3, -0.25) is 4.79 Å². The molecule has 2 aromatic carbocycles. The SMILES string of the molecule is C[NH+](CC(=O)NCCSc1ccc(Br)cc1)Cc1cccc(F)c1. The molecule has 1 amide bonds. The van der Waals surface area contributed by atoms with Crippen LogP contribution < -0.4 is 10.2 Å². The van der Waals surface area contributed by atoms with Crippen molar-refractivity contribution in [2.75, 3.05) is 25.9 Å². The van der Waals surface area contributed by atoms with Gasteiger partial charge in [0.05, 0.1) is 7.05 Å². The fourth-order valence-electron chi connectivity index (χ4n) is 2.28. The third-order valence-corrected chi connectivity index (χ3v) is 4.91. The average Bonchev–Trinajstić information content (AvgIpc) is 2.53. The molecule has 24 heavy (non-hydrogen) atoms. The van der Waals surface area contributed by atoms with Crippen molar-refractivity contribution in [2.45, 2.75) is 11.4 Å². The van der Waals surface area contributed by atoms with Crippen molar-refractivity contribution in [3.05, 3.63) is 64.4 Å². The van der Waals surface area contributed by atoms with Gasteiger partial charge < -0.3 is 10.2 Å². The Hall–Kier alpha value is -1.37. The molecule has 1 atom stereocenters. The summed E-state index contributed by atoms with van der Waals surface area (Å²) >= 11 is 5.12. The highest BCUT2D eigenvalue weighted by Gasteiger charge is 2.10. The first kappa shape index (κ1) is 19.0. The maximum Gasteiger partial charge on any atom is 0.275 e. The lowest BCUT2D eigenvalue weighted by molar-refractivity contribution is -0.885. The van der Waals surface area contributed by atoms with Gasteiger partial charge in [-0.15, -0.1) is 11.8 Å². The van der Waals surface area contributed by atoms with E-state index in [-0.39, 0.29) is 11.7 Å². The first-order valence-corrected chi connectivity index (χ1v) is 9.51. The third kappa shape index (κ3) is 7.03. The number of thioether (sulfide) groups is 1. The summed E-state index contributed by atoms with van der Waals surface area (Å²) in [6.07, 6.45) is 0. The Labute approximate surface area is 154 Å². The molecule has 2 rings (SSSR count). The Kier molecular flexibility index (Phi) is 7.75. The Balaban J connectivity index is 1.64. The molecule has 2 N–H and O–H groups in total. The highest BCUT2D eigenvalue weighted by molar-refractivity contribution is 9.10. The number of amides is 1. The lowest BCUT2D eigenvalue weighted by atomic mass is 10.2. The van der Waals surface area contributed by atoms with Gasteiger partial charge in [0.2, 0.25) is 0 Å². The van der Waals surface area contributed by atoms with Crippen LogP contribution in [0.3, 0.4) is 0 Å². The van der Waals surface area contributed by atoms with Crippen molar-refractivity contribution < 1.29 is 14.1 Å². The molecular weight excluding hydrogens is 391 g/mol. The van der Waals surface area contributed by atoms with Gasteiger partial charge in [0, 0.05) is 27.2 Å². The number of benzene rings is 2. The van der Waals surface area contributed by atoms with E-state index in [1.54, 1.807) is 17.8 Å². The minimum absolute atomic E-state index is 0.0142. The van der Waals surface area contributed by atoms with E-state index in [9.17, 15) is 9.18 Å². The van der Waals surface area contributed by atoms with E-state index < -0.39 is 0 Å². The first-order chi connectivity index (χ1) is 11.5. The largest absolute Gasteiger partial charge is 0.350 e. The predicted octanol–water partition coefficient (Wildman–Crippen LogP) is 2.51. The van der Waals surface area contributed by atoms with E-state index in [4.69, 9.17) is 0 Å². The van der Waals surface area contributed by atoms with Gasteiger partial charge in [-0.25, -0.2) is 4.39 Å². The van der Waals surface area contributed by atoms with Gasteiger partial charge in [0.1, 0.15) is 12.4 Å². The number of carbonyl (C=O) groups is 1. The van der Waals surface area contributed by atoms with Crippen LogP contribution in [0, 0.1) is 5.82 Å². The molecule has 0 saturated carbocycles. The number of hydrogen-bond acceptors (Lipinski definition) is 2. The smallest absolute Gasteiger partial charge is 0.275 e. The molecule has 0 spiro atoms. The molecule has 0 bridgehead atoms. The molecule has 128 valence electrons. The summed E-state index contributed by atoms with van der Waals surface area (Å²) in [7, 11) is 1.93. The predicted molar refractivity (Wildman–Crippen MR) is 99.7 cm³/mol. The Morgan fingerprint density at radius 3 is 2.71 bits per heavy atom. The summed E-state index contributed by atoms with van der Waals surface area (Å²) in [5.74, 6) is 0.603. The number of nitrogens with one attached hydrogen (secondary N) is 2. The number of likely N-dealkylation sites (N-methyl/N-ethyl adjacent to an activating group) is 1. The quantitative estimate of drug-likeness (QED) is 0.516. The van der Waals surface area contributed by atoms with Crippen LogP contribution in [-0.2, 0) is 11.3 Å². The molecule has 0 aromatic heterocycles. The molecular formula is C18H21BrFN2OS+. The molecule has 0 saturated heterocycles. The van der Waals surface area contributed by atoms with E-state index in [1.807, 2.05) is 37.4 Å². The van der Waals surface area contributed by atoms with E-state index in [2.05, 4.69) is 21.2 Å². The fourth-order valence-corrected chi connectivity index (χ4v) is 3.32. The number of hydrogen-bond donors (Lipinski definition) is 2. The molecule has 0 radical (unpaired) electrons. The topological polar surface area (TPSA) is 33.5 Å². The van der Waals surface area contributed by atoms with Crippen molar-refractivity contribution >= 4 is 33.6 Å². The van der Waals surface area contributed by atoms with E-state index >= 15 is 0 Å². The van der Waals surface area contributed by atoms with Crippen LogP contribution in [-0.4, -0.2) is 31.8 Å². The molecule has 3 nitrogen and oxygen atoms in total. The van der Waals surface area contributed by atoms with Crippen LogP contribution in [0.25, 0.3) is 0 Å². The van der Waals surface area contributed by atoms with Gasteiger partial charge in [-0.1, -0.05) is 28.1 Å². The lowest BCUT2D eigenvalue weighted by Crippen LogP contribution is -3.08. The number of halogens is 2. The standard InChI is InChI=1S/C18H20BrFN2OS/c1-22(12-14-3-2-4-16(20)11-14)13-18(23)21-9-10-24-17-7-5-15(19)6-8-17/h2-8,11H,9-10,12-13H2,1H3,(H,21,23)/p+1. The molecule has 6 heteroatoms. The van der Waals surface area contributed by atoms with Crippen LogP contribution in [0.1, 0.15) is 5.56 Å². The van der Waals surface area contributed by atoms with E-state index in [0.717, 1.165) is 20.7 Å². The van der Waals surface area contributed by atoms with Crippen molar-refractivity contribution in [1.82, 2.24) is 5.32 Å². The summed E-state index contributed by atoms with van der Waals surface area (Å²) < 4.78 is 14.2. The summed E-state index contributed by atoms with van der Waals surface area (Å²) in [6, 6.07) is 14.6. The second-order valence-corrected chi connectivity index (χ2v) is 7.68. The highest BCUT2D eigenvalue weighted by atomic mass is 79.9. The minimum atomic E-state index is -0.241. The molecule has 0 heterocycles. The number of quaternary nitrogens is 1. The van der Waals surface area contributed by atoms with Gasteiger partial charge >= 0.3 is 0 Å². The maximum atomic E-state index is 13.2.